The SMILES string of the molecule is N#Cc1nccc(NC2CCN(Cc3ccc(-n4c(-c5cccnc5N)nc5cc(C#N)c(-c6ccc(F)cc6)nc54)cc3)CC2)n1. The van der Waals surface area contributed by atoms with Crippen LogP contribution in [0.15, 0.2) is 85.2 Å². The van der Waals surface area contributed by atoms with Gasteiger partial charge in [-0.05, 0) is 79.1 Å². The summed E-state index contributed by atoms with van der Waals surface area (Å²) in [6.45, 7) is 2.64. The van der Waals surface area contributed by atoms with Gasteiger partial charge in [0.1, 0.15) is 35.1 Å². The Morgan fingerprint density at radius 2 is 1.68 bits per heavy atom. The maximum absolute atomic E-state index is 13.7. The summed E-state index contributed by atoms with van der Waals surface area (Å²) in [5, 5.41) is 22.5. The Hall–Kier alpha value is -6.24. The largest absolute Gasteiger partial charge is 0.383 e. The number of rotatable bonds is 7. The predicted octanol–water partition coefficient (Wildman–Crippen LogP) is 5.48. The molecule has 5 heterocycles. The molecule has 0 aliphatic carbocycles. The topological polar surface area (TPSA) is 158 Å². The van der Waals surface area contributed by atoms with Crippen LogP contribution in [0, 0.1) is 28.5 Å². The Morgan fingerprint density at radius 1 is 0.894 bits per heavy atom. The molecule has 0 atom stereocenters. The van der Waals surface area contributed by atoms with Gasteiger partial charge in [-0.3, -0.25) is 9.47 Å². The monoisotopic (exact) mass is 621 g/mol. The van der Waals surface area contributed by atoms with Crippen molar-refractivity contribution in [3.8, 4) is 40.5 Å². The van der Waals surface area contributed by atoms with Crippen LogP contribution in [0.5, 0.6) is 0 Å². The fourth-order valence-electron chi connectivity index (χ4n) is 5.90. The predicted molar refractivity (Wildman–Crippen MR) is 175 cm³/mol. The van der Waals surface area contributed by atoms with Gasteiger partial charge in [-0.25, -0.2) is 29.3 Å². The Labute approximate surface area is 269 Å². The van der Waals surface area contributed by atoms with Crippen LogP contribution in [0.1, 0.15) is 29.8 Å². The summed E-state index contributed by atoms with van der Waals surface area (Å²) >= 11 is 0. The van der Waals surface area contributed by atoms with Crippen LogP contribution >= 0.6 is 0 Å². The smallest absolute Gasteiger partial charge is 0.234 e. The van der Waals surface area contributed by atoms with Crippen molar-refractivity contribution in [2.45, 2.75) is 25.4 Å². The van der Waals surface area contributed by atoms with E-state index in [-0.39, 0.29) is 17.7 Å². The first-order valence-corrected chi connectivity index (χ1v) is 15.1. The molecule has 47 heavy (non-hydrogen) atoms. The Kier molecular flexibility index (Phi) is 7.92. The molecule has 3 N–H and O–H groups in total. The number of benzene rings is 2. The highest BCUT2D eigenvalue weighted by atomic mass is 19.1. The molecule has 0 spiro atoms. The average molecular weight is 622 g/mol. The maximum Gasteiger partial charge on any atom is 0.234 e. The summed E-state index contributed by atoms with van der Waals surface area (Å²) in [5.74, 6) is 1.33. The third-order valence-electron chi connectivity index (χ3n) is 8.25. The Bertz CT molecular complexity index is 2150. The molecule has 230 valence electrons. The quantitative estimate of drug-likeness (QED) is 0.234. The van der Waals surface area contributed by atoms with E-state index in [1.165, 1.54) is 12.1 Å². The van der Waals surface area contributed by atoms with Gasteiger partial charge in [-0.1, -0.05) is 12.1 Å². The van der Waals surface area contributed by atoms with Crippen molar-refractivity contribution in [1.29, 1.82) is 10.5 Å². The van der Waals surface area contributed by atoms with Gasteiger partial charge in [0.2, 0.25) is 5.82 Å². The molecular weight excluding hydrogens is 593 g/mol. The summed E-state index contributed by atoms with van der Waals surface area (Å²) in [7, 11) is 0. The van der Waals surface area contributed by atoms with Gasteiger partial charge in [0.25, 0.3) is 0 Å². The summed E-state index contributed by atoms with van der Waals surface area (Å²) in [5.41, 5.74) is 11.4. The zero-order valence-electron chi connectivity index (χ0n) is 25.2. The molecule has 4 aromatic heterocycles. The number of nitrogens with one attached hydrogen (secondary N) is 1. The van der Waals surface area contributed by atoms with Crippen molar-refractivity contribution in [2.24, 2.45) is 0 Å². The minimum atomic E-state index is -0.369. The summed E-state index contributed by atoms with van der Waals surface area (Å²) in [6.07, 6.45) is 5.12. The lowest BCUT2D eigenvalue weighted by molar-refractivity contribution is 0.211. The molecule has 1 aliphatic rings. The fraction of sp³-hybridized carbons (Fsp3) is 0.171. The summed E-state index contributed by atoms with van der Waals surface area (Å²) in [6, 6.07) is 25.8. The number of nitriles is 2. The minimum absolute atomic E-state index is 0.159. The number of nitrogen functional groups attached to an aromatic ring is 1. The van der Waals surface area contributed by atoms with E-state index in [1.54, 1.807) is 42.7 Å². The first-order valence-electron chi connectivity index (χ1n) is 15.1. The van der Waals surface area contributed by atoms with Crippen molar-refractivity contribution >= 4 is 22.8 Å². The van der Waals surface area contributed by atoms with Crippen molar-refractivity contribution in [2.75, 3.05) is 24.1 Å². The number of nitrogens with two attached hydrogens (primary N) is 1. The lowest BCUT2D eigenvalue weighted by atomic mass is 10.0. The second kappa shape index (κ2) is 12.6. The van der Waals surface area contributed by atoms with Crippen LogP contribution in [-0.2, 0) is 6.54 Å². The number of pyridine rings is 2. The highest BCUT2D eigenvalue weighted by molar-refractivity contribution is 5.86. The van der Waals surface area contributed by atoms with Crippen molar-refractivity contribution < 1.29 is 4.39 Å². The molecule has 0 unspecified atom stereocenters. The first-order chi connectivity index (χ1) is 23.0. The number of hydrogen-bond donors (Lipinski definition) is 2. The van der Waals surface area contributed by atoms with Gasteiger partial charge < -0.3 is 11.1 Å². The molecule has 12 heteroatoms. The van der Waals surface area contributed by atoms with Gasteiger partial charge in [0.15, 0.2) is 11.5 Å². The van der Waals surface area contributed by atoms with E-state index in [2.05, 4.69) is 43.4 Å². The number of nitrogens with zero attached hydrogens (tertiary/aromatic N) is 9. The fourth-order valence-corrected chi connectivity index (χ4v) is 5.90. The number of imidazole rings is 1. The van der Waals surface area contributed by atoms with E-state index < -0.39 is 0 Å². The van der Waals surface area contributed by atoms with Gasteiger partial charge in [0, 0.05) is 49.3 Å². The Morgan fingerprint density at radius 3 is 2.40 bits per heavy atom. The molecular formula is C35H28FN11. The van der Waals surface area contributed by atoms with Crippen LogP contribution in [0.3, 0.4) is 0 Å². The number of fused-ring (bicyclic) bond motifs is 1. The number of likely N-dealkylation sites (tertiary alicyclic amines) is 1. The molecule has 2 aromatic carbocycles. The number of aromatic nitrogens is 6. The van der Waals surface area contributed by atoms with Crippen LogP contribution in [-0.4, -0.2) is 53.5 Å². The number of anilines is 2. The summed E-state index contributed by atoms with van der Waals surface area (Å²) < 4.78 is 15.6. The molecule has 0 bridgehead atoms. The molecule has 6 aromatic rings. The van der Waals surface area contributed by atoms with E-state index in [0.717, 1.165) is 43.7 Å². The third kappa shape index (κ3) is 6.06. The maximum atomic E-state index is 13.7. The summed E-state index contributed by atoms with van der Waals surface area (Å²) in [4.78, 5) is 24.7. The third-order valence-corrected chi connectivity index (χ3v) is 8.25. The minimum Gasteiger partial charge on any atom is -0.383 e. The number of hydrogen-bond acceptors (Lipinski definition) is 10. The van der Waals surface area contributed by atoms with Gasteiger partial charge in [-0.2, -0.15) is 10.5 Å². The van der Waals surface area contributed by atoms with Crippen LogP contribution in [0.25, 0.3) is 39.5 Å². The molecule has 7 rings (SSSR count). The average Bonchev–Trinajstić information content (AvgIpc) is 3.47. The van der Waals surface area contributed by atoms with E-state index in [0.29, 0.717) is 51.0 Å². The molecule has 0 radical (unpaired) electrons. The first kappa shape index (κ1) is 29.5. The highest BCUT2D eigenvalue weighted by Crippen LogP contribution is 2.33. The van der Waals surface area contributed by atoms with E-state index in [4.69, 9.17) is 21.0 Å². The molecule has 1 fully saturated rings. The normalized spacial score (nSPS) is 13.7. The lowest BCUT2D eigenvalue weighted by Gasteiger charge is -2.32. The second-order valence-electron chi connectivity index (χ2n) is 11.3. The van der Waals surface area contributed by atoms with Gasteiger partial charge >= 0.3 is 0 Å². The van der Waals surface area contributed by atoms with Gasteiger partial charge in [-0.15, -0.1) is 0 Å². The van der Waals surface area contributed by atoms with E-state index >= 15 is 0 Å². The second-order valence-corrected chi connectivity index (χ2v) is 11.3. The number of halogens is 1. The van der Waals surface area contributed by atoms with E-state index in [9.17, 15) is 9.65 Å². The zero-order valence-corrected chi connectivity index (χ0v) is 25.2. The molecule has 0 saturated carbocycles. The Balaban J connectivity index is 1.17. The molecule has 11 nitrogen and oxygen atoms in total. The standard InChI is InChI=1S/C35H28FN11/c36-25-7-5-23(6-8-25)32-24(19-37)18-29-35(45-32)47(34(43-29)28-2-1-14-41-33(28)39)27-9-3-22(4-10-27)21-46-16-12-26(13-17-46)42-30-11-15-40-31(20-38)44-30/h1-11,14-15,18,26H,12-13,16-17,21H2,(H2,39,41)(H,40,42,44). The van der Waals surface area contributed by atoms with Crippen molar-refractivity contribution in [3.05, 3.63) is 108 Å². The molecule has 0 amide bonds. The van der Waals surface area contributed by atoms with Crippen LogP contribution < -0.4 is 11.1 Å². The molecule has 1 saturated heterocycles. The highest BCUT2D eigenvalue weighted by Gasteiger charge is 2.22. The van der Waals surface area contributed by atoms with Crippen LogP contribution in [0.4, 0.5) is 16.0 Å². The lowest BCUT2D eigenvalue weighted by Crippen LogP contribution is -2.38. The zero-order chi connectivity index (χ0) is 32.3. The number of piperidine rings is 1. The van der Waals surface area contributed by atoms with Gasteiger partial charge in [0.05, 0.1) is 16.8 Å². The molecule has 1 aliphatic heterocycles. The van der Waals surface area contributed by atoms with Crippen molar-refractivity contribution in [1.82, 2.24) is 34.4 Å². The van der Waals surface area contributed by atoms with Crippen molar-refractivity contribution in [3.63, 3.8) is 0 Å². The van der Waals surface area contributed by atoms with E-state index in [1.807, 2.05) is 28.8 Å². The van der Waals surface area contributed by atoms with Crippen LogP contribution in [0.2, 0.25) is 0 Å².